The summed E-state index contributed by atoms with van der Waals surface area (Å²) in [6.07, 6.45) is 0. The largest absolute Gasteiger partial charge is 0.494 e. The van der Waals surface area contributed by atoms with Crippen LogP contribution in [-0.4, -0.2) is 6.61 Å². The normalized spacial score (nSPS) is 12.2. The molecule has 1 atom stereocenters. The second-order valence-electron chi connectivity index (χ2n) is 4.00. The first kappa shape index (κ1) is 12.9. The first-order valence-corrected chi connectivity index (χ1v) is 6.33. The van der Waals surface area contributed by atoms with Crippen LogP contribution < -0.4 is 10.5 Å². The Morgan fingerprint density at radius 1 is 1.17 bits per heavy atom. The lowest BCUT2D eigenvalue weighted by Gasteiger charge is -2.17. The Balaban J connectivity index is 2.36. The molecule has 3 heteroatoms. The SMILES string of the molecule is CCOc1ccccc1C(N)c1cccc(Cl)c1. The summed E-state index contributed by atoms with van der Waals surface area (Å²) in [5.41, 5.74) is 8.23. The number of benzene rings is 2. The molecule has 18 heavy (non-hydrogen) atoms. The molecule has 0 aliphatic heterocycles. The number of nitrogens with two attached hydrogens (primary N) is 1. The van der Waals surface area contributed by atoms with E-state index in [0.717, 1.165) is 16.9 Å². The molecule has 0 saturated carbocycles. The molecule has 94 valence electrons. The molecule has 0 fully saturated rings. The lowest BCUT2D eigenvalue weighted by atomic mass is 9.99. The van der Waals surface area contributed by atoms with Crippen LogP contribution in [0.2, 0.25) is 5.02 Å². The highest BCUT2D eigenvalue weighted by atomic mass is 35.5. The summed E-state index contributed by atoms with van der Waals surface area (Å²) in [7, 11) is 0. The Morgan fingerprint density at radius 2 is 1.94 bits per heavy atom. The third-order valence-electron chi connectivity index (χ3n) is 2.76. The zero-order valence-electron chi connectivity index (χ0n) is 10.3. The molecule has 2 N–H and O–H groups in total. The topological polar surface area (TPSA) is 35.2 Å². The molecule has 0 aliphatic rings. The van der Waals surface area contributed by atoms with Gasteiger partial charge in [0.15, 0.2) is 0 Å². The molecule has 2 rings (SSSR count). The fourth-order valence-corrected chi connectivity index (χ4v) is 2.10. The lowest BCUT2D eigenvalue weighted by molar-refractivity contribution is 0.335. The maximum absolute atomic E-state index is 6.28. The van der Waals surface area contributed by atoms with E-state index in [9.17, 15) is 0 Å². The van der Waals surface area contributed by atoms with Crippen LogP contribution >= 0.6 is 11.6 Å². The van der Waals surface area contributed by atoms with E-state index in [1.165, 1.54) is 0 Å². The predicted octanol–water partition coefficient (Wildman–Crippen LogP) is 3.79. The molecule has 0 radical (unpaired) electrons. The molecule has 0 amide bonds. The fourth-order valence-electron chi connectivity index (χ4n) is 1.90. The molecule has 0 aliphatic carbocycles. The second-order valence-corrected chi connectivity index (χ2v) is 4.44. The Labute approximate surface area is 112 Å². The van der Waals surface area contributed by atoms with Gasteiger partial charge in [-0.05, 0) is 30.7 Å². The highest BCUT2D eigenvalue weighted by molar-refractivity contribution is 6.30. The number of halogens is 1. The third kappa shape index (κ3) is 2.84. The molecular formula is C15H16ClNO. The first-order valence-electron chi connectivity index (χ1n) is 5.95. The van der Waals surface area contributed by atoms with Crippen molar-refractivity contribution in [3.63, 3.8) is 0 Å². The van der Waals surface area contributed by atoms with Gasteiger partial charge in [0.1, 0.15) is 5.75 Å². The van der Waals surface area contributed by atoms with Crippen molar-refractivity contribution in [2.75, 3.05) is 6.61 Å². The minimum Gasteiger partial charge on any atom is -0.494 e. The average molecular weight is 262 g/mol. The van der Waals surface area contributed by atoms with Crippen LogP contribution in [-0.2, 0) is 0 Å². The molecule has 2 aromatic rings. The van der Waals surface area contributed by atoms with Gasteiger partial charge in [-0.25, -0.2) is 0 Å². The van der Waals surface area contributed by atoms with Crippen LogP contribution in [0.5, 0.6) is 5.75 Å². The maximum atomic E-state index is 6.28. The number of rotatable bonds is 4. The van der Waals surface area contributed by atoms with Crippen molar-refractivity contribution in [3.8, 4) is 5.75 Å². The van der Waals surface area contributed by atoms with Gasteiger partial charge in [-0.2, -0.15) is 0 Å². The molecule has 0 aromatic heterocycles. The van der Waals surface area contributed by atoms with Gasteiger partial charge in [-0.1, -0.05) is 41.9 Å². The highest BCUT2D eigenvalue weighted by Gasteiger charge is 2.13. The van der Waals surface area contributed by atoms with E-state index in [4.69, 9.17) is 22.1 Å². The quantitative estimate of drug-likeness (QED) is 0.909. The Morgan fingerprint density at radius 3 is 2.67 bits per heavy atom. The summed E-state index contributed by atoms with van der Waals surface area (Å²) in [5, 5.41) is 0.692. The van der Waals surface area contributed by atoms with Crippen molar-refractivity contribution >= 4 is 11.6 Å². The Bertz CT molecular complexity index is 527. The molecule has 0 heterocycles. The van der Waals surface area contributed by atoms with E-state index < -0.39 is 0 Å². The summed E-state index contributed by atoms with van der Waals surface area (Å²) >= 11 is 5.99. The molecule has 0 spiro atoms. The van der Waals surface area contributed by atoms with Crippen molar-refractivity contribution in [2.24, 2.45) is 5.73 Å². The van der Waals surface area contributed by atoms with Gasteiger partial charge >= 0.3 is 0 Å². The van der Waals surface area contributed by atoms with Gasteiger partial charge < -0.3 is 10.5 Å². The number of ether oxygens (including phenoxy) is 1. The van der Waals surface area contributed by atoms with Gasteiger partial charge in [0.2, 0.25) is 0 Å². The van der Waals surface area contributed by atoms with E-state index in [1.807, 2.05) is 55.5 Å². The van der Waals surface area contributed by atoms with Gasteiger partial charge in [0.05, 0.1) is 12.6 Å². The van der Waals surface area contributed by atoms with Crippen LogP contribution in [0.3, 0.4) is 0 Å². The van der Waals surface area contributed by atoms with Gasteiger partial charge in [-0.3, -0.25) is 0 Å². The zero-order valence-corrected chi connectivity index (χ0v) is 11.0. The summed E-state index contributed by atoms with van der Waals surface area (Å²) in [6, 6.07) is 15.2. The van der Waals surface area contributed by atoms with Crippen molar-refractivity contribution < 1.29 is 4.74 Å². The van der Waals surface area contributed by atoms with E-state index in [2.05, 4.69) is 0 Å². The van der Waals surface area contributed by atoms with Crippen molar-refractivity contribution in [2.45, 2.75) is 13.0 Å². The van der Waals surface area contributed by atoms with Crippen LogP contribution in [0.4, 0.5) is 0 Å². The van der Waals surface area contributed by atoms with Crippen LogP contribution in [0.1, 0.15) is 24.1 Å². The second kappa shape index (κ2) is 5.89. The Kier molecular flexibility index (Phi) is 4.24. The average Bonchev–Trinajstić information content (AvgIpc) is 2.39. The van der Waals surface area contributed by atoms with Gasteiger partial charge in [0.25, 0.3) is 0 Å². The number of hydrogen-bond donors (Lipinski definition) is 1. The van der Waals surface area contributed by atoms with Crippen LogP contribution in [0, 0.1) is 0 Å². The smallest absolute Gasteiger partial charge is 0.124 e. The molecule has 1 unspecified atom stereocenters. The molecule has 0 saturated heterocycles. The van der Waals surface area contributed by atoms with Crippen molar-refractivity contribution in [1.82, 2.24) is 0 Å². The van der Waals surface area contributed by atoms with E-state index in [0.29, 0.717) is 11.6 Å². The predicted molar refractivity (Wildman–Crippen MR) is 75.1 cm³/mol. The summed E-state index contributed by atoms with van der Waals surface area (Å²) in [5.74, 6) is 0.826. The minimum atomic E-state index is -0.230. The van der Waals surface area contributed by atoms with E-state index in [-0.39, 0.29) is 6.04 Å². The summed E-state index contributed by atoms with van der Waals surface area (Å²) in [4.78, 5) is 0. The fraction of sp³-hybridized carbons (Fsp3) is 0.200. The summed E-state index contributed by atoms with van der Waals surface area (Å²) in [6.45, 7) is 2.58. The lowest BCUT2D eigenvalue weighted by Crippen LogP contribution is -2.13. The van der Waals surface area contributed by atoms with Gasteiger partial charge in [0, 0.05) is 10.6 Å². The highest BCUT2D eigenvalue weighted by Crippen LogP contribution is 2.29. The minimum absolute atomic E-state index is 0.230. The molecule has 2 nitrogen and oxygen atoms in total. The monoisotopic (exact) mass is 261 g/mol. The Hall–Kier alpha value is -1.51. The maximum Gasteiger partial charge on any atom is 0.124 e. The van der Waals surface area contributed by atoms with Gasteiger partial charge in [-0.15, -0.1) is 0 Å². The molecular weight excluding hydrogens is 246 g/mol. The van der Waals surface area contributed by atoms with Crippen LogP contribution in [0.15, 0.2) is 48.5 Å². The van der Waals surface area contributed by atoms with Crippen LogP contribution in [0.25, 0.3) is 0 Å². The standard InChI is InChI=1S/C15H16ClNO/c1-2-18-14-9-4-3-8-13(14)15(17)11-6-5-7-12(16)10-11/h3-10,15H,2,17H2,1H3. The number of para-hydroxylation sites is 1. The summed E-state index contributed by atoms with van der Waals surface area (Å²) < 4.78 is 5.60. The number of hydrogen-bond acceptors (Lipinski definition) is 2. The van der Waals surface area contributed by atoms with Crippen molar-refractivity contribution in [3.05, 3.63) is 64.7 Å². The van der Waals surface area contributed by atoms with Crippen molar-refractivity contribution in [1.29, 1.82) is 0 Å². The first-order chi connectivity index (χ1) is 8.72. The van der Waals surface area contributed by atoms with E-state index in [1.54, 1.807) is 0 Å². The molecule has 2 aromatic carbocycles. The van der Waals surface area contributed by atoms with E-state index >= 15 is 0 Å². The zero-order chi connectivity index (χ0) is 13.0. The third-order valence-corrected chi connectivity index (χ3v) is 3.00. The molecule has 0 bridgehead atoms.